The van der Waals surface area contributed by atoms with E-state index in [2.05, 4.69) is 5.32 Å². The van der Waals surface area contributed by atoms with E-state index in [1.54, 1.807) is 4.90 Å². The number of amides is 3. The quantitative estimate of drug-likeness (QED) is 0.496. The van der Waals surface area contributed by atoms with Crippen LogP contribution in [0.5, 0.6) is 0 Å². The van der Waals surface area contributed by atoms with Gasteiger partial charge < -0.3 is 19.7 Å². The zero-order valence-electron chi connectivity index (χ0n) is 20.0. The Bertz CT molecular complexity index is 1070. The van der Waals surface area contributed by atoms with Gasteiger partial charge in [0.2, 0.25) is 5.91 Å². The molecule has 6 heteroatoms. The second-order valence-corrected chi connectivity index (χ2v) is 8.50. The molecule has 0 aliphatic carbocycles. The Labute approximate surface area is 196 Å². The summed E-state index contributed by atoms with van der Waals surface area (Å²) in [6, 6.07) is 19.5. The first-order valence-electron chi connectivity index (χ1n) is 11.4. The number of hydrogen-bond donors (Lipinski definition) is 1. The molecule has 174 valence electrons. The summed E-state index contributed by atoms with van der Waals surface area (Å²) in [7, 11) is 1.97. The minimum absolute atomic E-state index is 0.0295. The fraction of sp³-hybridized carbons (Fsp3) is 0.333. The van der Waals surface area contributed by atoms with Crippen molar-refractivity contribution in [2.45, 2.75) is 40.3 Å². The first-order valence-corrected chi connectivity index (χ1v) is 11.4. The van der Waals surface area contributed by atoms with Crippen molar-refractivity contribution in [1.82, 2.24) is 14.4 Å². The number of nitrogens with zero attached hydrogens (tertiary/aromatic N) is 3. The zero-order chi connectivity index (χ0) is 23.8. The summed E-state index contributed by atoms with van der Waals surface area (Å²) in [5.41, 5.74) is 5.12. The summed E-state index contributed by atoms with van der Waals surface area (Å²) in [6.45, 7) is 7.57. The second kappa shape index (κ2) is 11.4. The molecule has 1 aromatic heterocycles. The number of carbonyl (C=O) groups is 2. The number of benzene rings is 2. The predicted molar refractivity (Wildman–Crippen MR) is 133 cm³/mol. The van der Waals surface area contributed by atoms with Gasteiger partial charge in [0.25, 0.3) is 0 Å². The van der Waals surface area contributed by atoms with E-state index in [1.165, 1.54) is 5.56 Å². The summed E-state index contributed by atoms with van der Waals surface area (Å²) in [6.07, 6.45) is 2.74. The lowest BCUT2D eigenvalue weighted by atomic mass is 10.1. The summed E-state index contributed by atoms with van der Waals surface area (Å²) in [5, 5.41) is 2.96. The number of hydrogen-bond acceptors (Lipinski definition) is 2. The van der Waals surface area contributed by atoms with Gasteiger partial charge in [0.15, 0.2) is 0 Å². The van der Waals surface area contributed by atoms with Crippen LogP contribution in [-0.2, 0) is 24.9 Å². The van der Waals surface area contributed by atoms with Gasteiger partial charge in [-0.3, -0.25) is 4.79 Å². The van der Waals surface area contributed by atoms with Crippen LogP contribution in [0.3, 0.4) is 0 Å². The van der Waals surface area contributed by atoms with Crippen LogP contribution < -0.4 is 5.32 Å². The third-order valence-electron chi connectivity index (χ3n) is 5.84. The van der Waals surface area contributed by atoms with Crippen LogP contribution in [0.2, 0.25) is 0 Å². The van der Waals surface area contributed by atoms with Gasteiger partial charge in [-0.1, -0.05) is 43.3 Å². The molecule has 3 amide bonds. The Morgan fingerprint density at radius 2 is 1.67 bits per heavy atom. The van der Waals surface area contributed by atoms with Gasteiger partial charge in [-0.15, -0.1) is 0 Å². The van der Waals surface area contributed by atoms with Crippen molar-refractivity contribution in [3.8, 4) is 0 Å². The SMILES string of the molecule is CCCN(CC(=O)N(Cc1ccccc1)Cc1cccn1C)C(=O)Nc1ccc(C)c(C)c1. The van der Waals surface area contributed by atoms with E-state index in [9.17, 15) is 9.59 Å². The third kappa shape index (κ3) is 6.72. The molecule has 0 bridgehead atoms. The van der Waals surface area contributed by atoms with E-state index in [4.69, 9.17) is 0 Å². The lowest BCUT2D eigenvalue weighted by Gasteiger charge is -2.28. The van der Waals surface area contributed by atoms with E-state index in [1.807, 2.05) is 104 Å². The van der Waals surface area contributed by atoms with E-state index >= 15 is 0 Å². The molecule has 6 nitrogen and oxygen atoms in total. The van der Waals surface area contributed by atoms with Crippen LogP contribution in [0.15, 0.2) is 66.9 Å². The van der Waals surface area contributed by atoms with Crippen LogP contribution in [-0.4, -0.2) is 39.4 Å². The average Bonchev–Trinajstić information content (AvgIpc) is 3.20. The maximum absolute atomic E-state index is 13.4. The highest BCUT2D eigenvalue weighted by Gasteiger charge is 2.22. The maximum atomic E-state index is 13.4. The molecule has 0 spiro atoms. The van der Waals surface area contributed by atoms with Crippen molar-refractivity contribution >= 4 is 17.6 Å². The molecule has 0 aliphatic heterocycles. The lowest BCUT2D eigenvalue weighted by molar-refractivity contribution is -0.133. The largest absolute Gasteiger partial charge is 0.353 e. The van der Waals surface area contributed by atoms with Gasteiger partial charge in [0.05, 0.1) is 6.54 Å². The van der Waals surface area contributed by atoms with Crippen molar-refractivity contribution < 1.29 is 9.59 Å². The standard InChI is InChI=1S/C27H34N4O2/c1-5-15-30(27(33)28-24-14-13-21(2)22(3)17-24)20-26(32)31(18-23-10-7-6-8-11-23)19-25-12-9-16-29(25)4/h6-14,16-17H,5,15,18-20H2,1-4H3,(H,28,33). The normalized spacial score (nSPS) is 10.7. The van der Waals surface area contributed by atoms with Gasteiger partial charge in [-0.05, 0) is 61.2 Å². The van der Waals surface area contributed by atoms with Gasteiger partial charge >= 0.3 is 6.03 Å². The fourth-order valence-corrected chi connectivity index (χ4v) is 3.70. The summed E-state index contributed by atoms with van der Waals surface area (Å²) < 4.78 is 2.02. The molecule has 2 aromatic carbocycles. The lowest BCUT2D eigenvalue weighted by Crippen LogP contribution is -2.44. The molecule has 0 unspecified atom stereocenters. The first kappa shape index (κ1) is 24.1. The van der Waals surface area contributed by atoms with Crippen LogP contribution in [0.25, 0.3) is 0 Å². The van der Waals surface area contributed by atoms with Crippen molar-refractivity contribution in [1.29, 1.82) is 0 Å². The van der Waals surface area contributed by atoms with E-state index < -0.39 is 0 Å². The molecule has 1 N–H and O–H groups in total. The Morgan fingerprint density at radius 3 is 2.30 bits per heavy atom. The summed E-state index contributed by atoms with van der Waals surface area (Å²) in [4.78, 5) is 29.9. The summed E-state index contributed by atoms with van der Waals surface area (Å²) >= 11 is 0. The molecule has 33 heavy (non-hydrogen) atoms. The Hall–Kier alpha value is -3.54. The molecule has 1 heterocycles. The molecule has 3 aromatic rings. The van der Waals surface area contributed by atoms with Gasteiger partial charge in [-0.25, -0.2) is 4.79 Å². The molecular weight excluding hydrogens is 412 g/mol. The van der Waals surface area contributed by atoms with E-state index in [-0.39, 0.29) is 18.5 Å². The fourth-order valence-electron chi connectivity index (χ4n) is 3.70. The number of urea groups is 1. The molecule has 0 saturated carbocycles. The highest BCUT2D eigenvalue weighted by Crippen LogP contribution is 2.16. The molecule has 0 fully saturated rings. The van der Waals surface area contributed by atoms with E-state index in [0.29, 0.717) is 19.6 Å². The van der Waals surface area contributed by atoms with Crippen molar-refractivity contribution in [3.05, 3.63) is 89.2 Å². The number of rotatable bonds is 9. The first-order chi connectivity index (χ1) is 15.9. The smallest absolute Gasteiger partial charge is 0.322 e. The molecular formula is C27H34N4O2. The third-order valence-corrected chi connectivity index (χ3v) is 5.84. The van der Waals surface area contributed by atoms with Gasteiger partial charge in [-0.2, -0.15) is 0 Å². The Morgan fingerprint density at radius 1 is 0.909 bits per heavy atom. The highest BCUT2D eigenvalue weighted by atomic mass is 16.2. The van der Waals surface area contributed by atoms with Crippen LogP contribution in [0.1, 0.15) is 35.7 Å². The molecule has 3 rings (SSSR count). The van der Waals surface area contributed by atoms with Crippen LogP contribution in [0.4, 0.5) is 10.5 Å². The van der Waals surface area contributed by atoms with Crippen LogP contribution in [0, 0.1) is 13.8 Å². The molecule has 0 atom stereocenters. The van der Waals surface area contributed by atoms with Gasteiger partial charge in [0, 0.05) is 37.7 Å². The molecule has 0 radical (unpaired) electrons. The second-order valence-electron chi connectivity index (χ2n) is 8.50. The number of nitrogens with one attached hydrogen (secondary N) is 1. The topological polar surface area (TPSA) is 57.6 Å². The number of aryl methyl sites for hydroxylation is 3. The minimum Gasteiger partial charge on any atom is -0.353 e. The Balaban J connectivity index is 1.75. The highest BCUT2D eigenvalue weighted by molar-refractivity contribution is 5.92. The molecule has 0 aliphatic rings. The average molecular weight is 447 g/mol. The van der Waals surface area contributed by atoms with Crippen molar-refractivity contribution in [3.63, 3.8) is 0 Å². The van der Waals surface area contributed by atoms with Crippen LogP contribution >= 0.6 is 0 Å². The minimum atomic E-state index is -0.257. The number of anilines is 1. The van der Waals surface area contributed by atoms with Crippen molar-refractivity contribution in [2.24, 2.45) is 7.05 Å². The Kier molecular flexibility index (Phi) is 8.30. The van der Waals surface area contributed by atoms with Crippen molar-refractivity contribution in [2.75, 3.05) is 18.4 Å². The zero-order valence-corrected chi connectivity index (χ0v) is 20.0. The van der Waals surface area contributed by atoms with E-state index in [0.717, 1.165) is 28.9 Å². The maximum Gasteiger partial charge on any atom is 0.322 e. The monoisotopic (exact) mass is 446 g/mol. The number of carbonyl (C=O) groups excluding carboxylic acids is 2. The predicted octanol–water partition coefficient (Wildman–Crippen LogP) is 5.11. The molecule has 0 saturated heterocycles. The number of aromatic nitrogens is 1. The van der Waals surface area contributed by atoms with Gasteiger partial charge in [0.1, 0.15) is 6.54 Å². The summed E-state index contributed by atoms with van der Waals surface area (Å²) in [5.74, 6) is -0.0799.